The maximum absolute atomic E-state index is 11.9. The number of amides is 2. The first-order valence-corrected chi connectivity index (χ1v) is 9.08. The van der Waals surface area contributed by atoms with Gasteiger partial charge < -0.3 is 10.6 Å². The first kappa shape index (κ1) is 15.8. The molecular formula is C15H22N2O3S. The summed E-state index contributed by atoms with van der Waals surface area (Å²) in [5.74, 6) is 0.200. The lowest BCUT2D eigenvalue weighted by molar-refractivity contribution is 0.235. The molecule has 2 atom stereocenters. The third-order valence-electron chi connectivity index (χ3n) is 3.80. The summed E-state index contributed by atoms with van der Waals surface area (Å²) in [5.41, 5.74) is 2.29. The van der Waals surface area contributed by atoms with E-state index in [0.717, 1.165) is 12.0 Å². The third kappa shape index (κ3) is 4.46. The molecule has 116 valence electrons. The number of hydrogen-bond donors (Lipinski definition) is 2. The Morgan fingerprint density at radius 2 is 2.00 bits per heavy atom. The van der Waals surface area contributed by atoms with Crippen LogP contribution in [-0.4, -0.2) is 32.0 Å². The van der Waals surface area contributed by atoms with Crippen molar-refractivity contribution in [3.05, 3.63) is 35.4 Å². The lowest BCUT2D eigenvalue weighted by Crippen LogP contribution is -2.43. The average Bonchev–Trinajstić information content (AvgIpc) is 2.77. The fourth-order valence-corrected chi connectivity index (χ4v) is 4.13. The first-order chi connectivity index (χ1) is 9.89. The van der Waals surface area contributed by atoms with E-state index in [4.69, 9.17) is 0 Å². The van der Waals surface area contributed by atoms with Crippen LogP contribution < -0.4 is 10.6 Å². The quantitative estimate of drug-likeness (QED) is 0.890. The molecule has 2 amide bonds. The number of nitrogens with one attached hydrogen (secondary N) is 2. The van der Waals surface area contributed by atoms with E-state index in [1.165, 1.54) is 5.56 Å². The van der Waals surface area contributed by atoms with Gasteiger partial charge in [-0.1, -0.05) is 31.2 Å². The number of rotatable bonds is 4. The Balaban J connectivity index is 1.87. The van der Waals surface area contributed by atoms with Crippen molar-refractivity contribution in [2.24, 2.45) is 0 Å². The van der Waals surface area contributed by atoms with Crippen LogP contribution >= 0.6 is 0 Å². The van der Waals surface area contributed by atoms with Crippen molar-refractivity contribution >= 4 is 15.9 Å². The minimum atomic E-state index is -2.97. The minimum absolute atomic E-state index is 0.0417. The number of hydrogen-bond acceptors (Lipinski definition) is 3. The van der Waals surface area contributed by atoms with Crippen molar-refractivity contribution in [1.82, 2.24) is 10.6 Å². The Hall–Kier alpha value is -1.56. The molecule has 0 aliphatic carbocycles. The number of carbonyl (C=O) groups is 1. The predicted octanol–water partition coefficient (Wildman–Crippen LogP) is 1.80. The number of urea groups is 1. The molecular weight excluding hydrogens is 288 g/mol. The van der Waals surface area contributed by atoms with Gasteiger partial charge in [0.15, 0.2) is 9.84 Å². The number of benzene rings is 1. The molecule has 1 aliphatic heterocycles. The predicted molar refractivity (Wildman–Crippen MR) is 83.0 cm³/mol. The van der Waals surface area contributed by atoms with Crippen LogP contribution in [0.5, 0.6) is 0 Å². The molecule has 1 aromatic carbocycles. The Kier molecular flexibility index (Phi) is 4.88. The molecule has 1 aliphatic rings. The van der Waals surface area contributed by atoms with Gasteiger partial charge >= 0.3 is 6.03 Å². The van der Waals surface area contributed by atoms with Crippen molar-refractivity contribution in [3.8, 4) is 0 Å². The first-order valence-electron chi connectivity index (χ1n) is 7.26. The van der Waals surface area contributed by atoms with E-state index < -0.39 is 9.84 Å². The summed E-state index contributed by atoms with van der Waals surface area (Å²) in [5, 5.41) is 5.57. The number of aryl methyl sites for hydroxylation is 1. The summed E-state index contributed by atoms with van der Waals surface area (Å²) in [7, 11) is -2.97. The van der Waals surface area contributed by atoms with Crippen LogP contribution in [0.2, 0.25) is 0 Å². The van der Waals surface area contributed by atoms with Crippen LogP contribution in [0.1, 0.15) is 37.4 Å². The Bertz CT molecular complexity index is 596. The van der Waals surface area contributed by atoms with Gasteiger partial charge in [0.2, 0.25) is 0 Å². The van der Waals surface area contributed by atoms with Crippen LogP contribution in [0.3, 0.4) is 0 Å². The molecule has 0 saturated carbocycles. The highest BCUT2D eigenvalue weighted by molar-refractivity contribution is 7.91. The molecule has 1 fully saturated rings. The Morgan fingerprint density at radius 3 is 2.52 bits per heavy atom. The normalized spacial score (nSPS) is 21.7. The molecule has 1 aromatic rings. The average molecular weight is 310 g/mol. The van der Waals surface area contributed by atoms with Crippen molar-refractivity contribution < 1.29 is 13.2 Å². The van der Waals surface area contributed by atoms with Crippen molar-refractivity contribution in [2.45, 2.75) is 38.8 Å². The van der Waals surface area contributed by atoms with Gasteiger partial charge in [0.1, 0.15) is 0 Å². The summed E-state index contributed by atoms with van der Waals surface area (Å²) in [6.45, 7) is 4.01. The summed E-state index contributed by atoms with van der Waals surface area (Å²) < 4.78 is 22.7. The van der Waals surface area contributed by atoms with Crippen molar-refractivity contribution in [1.29, 1.82) is 0 Å². The lowest BCUT2D eigenvalue weighted by atomic mass is 10.1. The fourth-order valence-electron chi connectivity index (χ4n) is 2.46. The van der Waals surface area contributed by atoms with Gasteiger partial charge in [-0.3, -0.25) is 0 Å². The van der Waals surface area contributed by atoms with Crippen LogP contribution in [0.15, 0.2) is 24.3 Å². The molecule has 2 rings (SSSR count). The van der Waals surface area contributed by atoms with Crippen molar-refractivity contribution in [3.63, 3.8) is 0 Å². The highest BCUT2D eigenvalue weighted by atomic mass is 32.2. The fraction of sp³-hybridized carbons (Fsp3) is 0.533. The van der Waals surface area contributed by atoms with Gasteiger partial charge in [-0.15, -0.1) is 0 Å². The second-order valence-corrected chi connectivity index (χ2v) is 7.76. The third-order valence-corrected chi connectivity index (χ3v) is 5.57. The van der Waals surface area contributed by atoms with Gasteiger partial charge in [0, 0.05) is 6.04 Å². The standard InChI is InChI=1S/C15H22N2O3S/c1-3-12-4-6-13(7-5-12)11(2)16-15(18)17-14-8-9-21(19,20)10-14/h4-7,11,14H,3,8-10H2,1-2H3,(H2,16,17,18). The van der Waals surface area contributed by atoms with Gasteiger partial charge in [0.05, 0.1) is 17.5 Å². The van der Waals surface area contributed by atoms with Crippen molar-refractivity contribution in [2.75, 3.05) is 11.5 Å². The zero-order chi connectivity index (χ0) is 15.5. The highest BCUT2D eigenvalue weighted by Crippen LogP contribution is 2.14. The monoisotopic (exact) mass is 310 g/mol. The summed E-state index contributed by atoms with van der Waals surface area (Å²) in [6, 6.07) is 7.40. The zero-order valence-corrected chi connectivity index (χ0v) is 13.2. The van der Waals surface area contributed by atoms with E-state index >= 15 is 0 Å². The molecule has 2 unspecified atom stereocenters. The van der Waals surface area contributed by atoms with Gasteiger partial charge in [-0.25, -0.2) is 13.2 Å². The smallest absolute Gasteiger partial charge is 0.315 e. The molecule has 2 N–H and O–H groups in total. The molecule has 1 saturated heterocycles. The Labute approximate surface area is 126 Å². The Morgan fingerprint density at radius 1 is 1.33 bits per heavy atom. The topological polar surface area (TPSA) is 75.3 Å². The second kappa shape index (κ2) is 6.47. The van der Waals surface area contributed by atoms with Crippen LogP contribution in [0.25, 0.3) is 0 Å². The van der Waals surface area contributed by atoms with Gasteiger partial charge in [-0.05, 0) is 30.9 Å². The summed E-state index contributed by atoms with van der Waals surface area (Å²) in [6.07, 6.45) is 1.48. The molecule has 5 nitrogen and oxygen atoms in total. The van der Waals surface area contributed by atoms with Gasteiger partial charge in [-0.2, -0.15) is 0 Å². The molecule has 0 radical (unpaired) electrons. The van der Waals surface area contributed by atoms with E-state index in [1.54, 1.807) is 0 Å². The number of carbonyl (C=O) groups excluding carboxylic acids is 1. The molecule has 0 spiro atoms. The van der Waals surface area contributed by atoms with E-state index in [2.05, 4.69) is 29.7 Å². The highest BCUT2D eigenvalue weighted by Gasteiger charge is 2.29. The van der Waals surface area contributed by atoms with E-state index in [0.29, 0.717) is 6.42 Å². The van der Waals surface area contributed by atoms with Crippen LogP contribution in [0.4, 0.5) is 4.79 Å². The summed E-state index contributed by atoms with van der Waals surface area (Å²) in [4.78, 5) is 11.9. The SMILES string of the molecule is CCc1ccc(C(C)NC(=O)NC2CCS(=O)(=O)C2)cc1. The molecule has 0 bridgehead atoms. The maximum Gasteiger partial charge on any atom is 0.315 e. The molecule has 1 heterocycles. The molecule has 21 heavy (non-hydrogen) atoms. The molecule has 6 heteroatoms. The largest absolute Gasteiger partial charge is 0.334 e. The lowest BCUT2D eigenvalue weighted by Gasteiger charge is -2.17. The van der Waals surface area contributed by atoms with E-state index in [1.807, 2.05) is 19.1 Å². The van der Waals surface area contributed by atoms with Gasteiger partial charge in [0.25, 0.3) is 0 Å². The maximum atomic E-state index is 11.9. The van der Waals surface area contributed by atoms with E-state index in [9.17, 15) is 13.2 Å². The summed E-state index contributed by atoms with van der Waals surface area (Å²) >= 11 is 0. The second-order valence-electron chi connectivity index (χ2n) is 5.53. The zero-order valence-electron chi connectivity index (χ0n) is 12.4. The number of sulfone groups is 1. The van der Waals surface area contributed by atoms with Crippen LogP contribution in [-0.2, 0) is 16.3 Å². The van der Waals surface area contributed by atoms with E-state index in [-0.39, 0.29) is 29.6 Å². The van der Waals surface area contributed by atoms with Crippen LogP contribution in [0, 0.1) is 0 Å². The minimum Gasteiger partial charge on any atom is -0.334 e. The molecule has 0 aromatic heterocycles.